The number of nitrogens with zero attached hydrogens (tertiary/aromatic N) is 2. The summed E-state index contributed by atoms with van der Waals surface area (Å²) in [6.07, 6.45) is 0. The Bertz CT molecular complexity index is 1140. The van der Waals surface area contributed by atoms with Crippen LogP contribution in [0.5, 0.6) is 0 Å². The third-order valence-corrected chi connectivity index (χ3v) is 4.97. The second-order valence-corrected chi connectivity index (χ2v) is 6.53. The molecule has 4 rings (SSSR count). The molecule has 2 aromatic heterocycles. The van der Waals surface area contributed by atoms with Crippen LogP contribution < -0.4 is 22.4 Å². The van der Waals surface area contributed by atoms with Gasteiger partial charge in [-0.2, -0.15) is 5.10 Å². The average molecular weight is 366 g/mol. The van der Waals surface area contributed by atoms with E-state index in [4.69, 9.17) is 16.7 Å². The standard InChI is InChI=1S/C18H15FN6S/c19-11-2-1-3-12(9-11)22-18-14-6-7-26-16(14)13-5-4-10(8-15(13)23-18)17(24-20)25-21/h1-9H,20-21H2,(H,22,23)(H,24,25). The van der Waals surface area contributed by atoms with E-state index in [-0.39, 0.29) is 5.82 Å². The molecule has 4 aromatic rings. The molecule has 6 nitrogen and oxygen atoms in total. The highest BCUT2D eigenvalue weighted by Crippen LogP contribution is 2.35. The van der Waals surface area contributed by atoms with Crippen LogP contribution >= 0.6 is 11.3 Å². The lowest BCUT2D eigenvalue weighted by Gasteiger charge is -2.11. The van der Waals surface area contributed by atoms with Crippen molar-refractivity contribution in [2.24, 2.45) is 16.8 Å². The first kappa shape index (κ1) is 16.2. The van der Waals surface area contributed by atoms with E-state index < -0.39 is 0 Å². The fourth-order valence-corrected chi connectivity index (χ4v) is 3.77. The molecule has 26 heavy (non-hydrogen) atoms. The zero-order valence-corrected chi connectivity index (χ0v) is 14.3. The lowest BCUT2D eigenvalue weighted by atomic mass is 10.1. The van der Waals surface area contributed by atoms with Crippen molar-refractivity contribution in [3.05, 3.63) is 65.3 Å². The number of pyridine rings is 1. The fourth-order valence-electron chi connectivity index (χ4n) is 2.84. The summed E-state index contributed by atoms with van der Waals surface area (Å²) in [5.41, 5.74) is 4.58. The number of aromatic nitrogens is 1. The average Bonchev–Trinajstić information content (AvgIpc) is 3.13. The van der Waals surface area contributed by atoms with Gasteiger partial charge >= 0.3 is 0 Å². The predicted octanol–water partition coefficient (Wildman–Crippen LogP) is 3.42. The van der Waals surface area contributed by atoms with Crippen molar-refractivity contribution in [2.45, 2.75) is 0 Å². The van der Waals surface area contributed by atoms with Gasteiger partial charge in [0.25, 0.3) is 0 Å². The second kappa shape index (κ2) is 6.58. The van der Waals surface area contributed by atoms with Crippen LogP contribution in [0.15, 0.2) is 59.0 Å². The van der Waals surface area contributed by atoms with Crippen LogP contribution in [0.2, 0.25) is 0 Å². The zero-order chi connectivity index (χ0) is 18.1. The van der Waals surface area contributed by atoms with Gasteiger partial charge in [-0.1, -0.05) is 18.2 Å². The Kier molecular flexibility index (Phi) is 4.11. The van der Waals surface area contributed by atoms with Crippen molar-refractivity contribution in [2.75, 3.05) is 5.32 Å². The third kappa shape index (κ3) is 2.81. The van der Waals surface area contributed by atoms with Crippen molar-refractivity contribution < 1.29 is 4.39 Å². The normalized spacial score (nSPS) is 11.8. The Morgan fingerprint density at radius 1 is 1.12 bits per heavy atom. The van der Waals surface area contributed by atoms with Gasteiger partial charge in [-0.25, -0.2) is 15.2 Å². The number of hydrogen-bond acceptors (Lipinski definition) is 6. The van der Waals surface area contributed by atoms with Crippen LogP contribution in [0, 0.1) is 5.82 Å². The number of nitrogens with one attached hydrogen (secondary N) is 2. The highest BCUT2D eigenvalue weighted by atomic mass is 32.1. The maximum Gasteiger partial charge on any atom is 0.166 e. The minimum absolute atomic E-state index is 0.308. The SMILES string of the molecule is NN=C(NN)c1ccc2c(c1)nc(Nc1cccc(F)c1)c1ccsc12. The van der Waals surface area contributed by atoms with E-state index in [1.54, 1.807) is 23.5 Å². The van der Waals surface area contributed by atoms with E-state index in [1.807, 2.05) is 29.6 Å². The number of halogens is 1. The van der Waals surface area contributed by atoms with Crippen LogP contribution in [-0.4, -0.2) is 10.8 Å². The third-order valence-electron chi connectivity index (χ3n) is 4.02. The Hall–Kier alpha value is -3.23. The molecule has 0 radical (unpaired) electrons. The number of anilines is 2. The molecule has 6 N–H and O–H groups in total. The van der Waals surface area contributed by atoms with Gasteiger partial charge in [-0.05, 0) is 35.7 Å². The number of hydrazone groups is 1. The quantitative estimate of drug-likeness (QED) is 0.193. The Morgan fingerprint density at radius 3 is 2.77 bits per heavy atom. The lowest BCUT2D eigenvalue weighted by Crippen LogP contribution is -2.32. The van der Waals surface area contributed by atoms with E-state index >= 15 is 0 Å². The number of benzene rings is 2. The summed E-state index contributed by atoms with van der Waals surface area (Å²) in [6.45, 7) is 0. The highest BCUT2D eigenvalue weighted by Gasteiger charge is 2.12. The maximum absolute atomic E-state index is 13.5. The summed E-state index contributed by atoms with van der Waals surface area (Å²) in [4.78, 5) is 4.72. The molecule has 0 aliphatic carbocycles. The molecule has 0 bridgehead atoms. The number of fused-ring (bicyclic) bond motifs is 3. The first-order valence-electron chi connectivity index (χ1n) is 7.78. The Labute approximate surface area is 152 Å². The molecule has 2 aromatic carbocycles. The minimum atomic E-state index is -0.308. The van der Waals surface area contributed by atoms with Crippen LogP contribution in [0.4, 0.5) is 15.9 Å². The molecular formula is C18H15FN6S. The van der Waals surface area contributed by atoms with Gasteiger partial charge in [-0.3, -0.25) is 0 Å². The first-order valence-corrected chi connectivity index (χ1v) is 8.66. The predicted molar refractivity (Wildman–Crippen MR) is 105 cm³/mol. The van der Waals surface area contributed by atoms with Crippen LogP contribution in [-0.2, 0) is 0 Å². The summed E-state index contributed by atoms with van der Waals surface area (Å²) in [7, 11) is 0. The Morgan fingerprint density at radius 2 is 2.00 bits per heavy atom. The fraction of sp³-hybridized carbons (Fsp3) is 0. The monoisotopic (exact) mass is 366 g/mol. The Balaban J connectivity index is 1.89. The molecule has 2 heterocycles. The van der Waals surface area contributed by atoms with Crippen LogP contribution in [0.1, 0.15) is 5.56 Å². The molecule has 0 atom stereocenters. The number of amidine groups is 1. The zero-order valence-electron chi connectivity index (χ0n) is 13.5. The largest absolute Gasteiger partial charge is 0.340 e. The van der Waals surface area contributed by atoms with E-state index in [9.17, 15) is 4.39 Å². The van der Waals surface area contributed by atoms with Gasteiger partial charge in [0, 0.05) is 26.7 Å². The van der Waals surface area contributed by atoms with Crippen molar-refractivity contribution in [1.82, 2.24) is 10.4 Å². The number of rotatable bonds is 3. The van der Waals surface area contributed by atoms with E-state index in [2.05, 4.69) is 15.8 Å². The van der Waals surface area contributed by atoms with Crippen LogP contribution in [0.3, 0.4) is 0 Å². The minimum Gasteiger partial charge on any atom is -0.340 e. The molecule has 130 valence electrons. The van der Waals surface area contributed by atoms with Gasteiger partial charge in [0.15, 0.2) is 5.84 Å². The molecule has 0 saturated carbocycles. The molecule has 0 spiro atoms. The summed E-state index contributed by atoms with van der Waals surface area (Å²) >= 11 is 1.62. The molecule has 8 heteroatoms. The lowest BCUT2D eigenvalue weighted by molar-refractivity contribution is 0.628. The van der Waals surface area contributed by atoms with Crippen molar-refractivity contribution in [3.8, 4) is 0 Å². The number of hydrogen-bond donors (Lipinski definition) is 4. The second-order valence-electron chi connectivity index (χ2n) is 5.61. The summed E-state index contributed by atoms with van der Waals surface area (Å²) in [6, 6.07) is 14.0. The summed E-state index contributed by atoms with van der Waals surface area (Å²) in [5.74, 6) is 11.5. The van der Waals surface area contributed by atoms with Gasteiger partial charge in [0.2, 0.25) is 0 Å². The number of hydrazine groups is 1. The summed E-state index contributed by atoms with van der Waals surface area (Å²) in [5, 5.41) is 10.8. The van der Waals surface area contributed by atoms with Crippen molar-refractivity contribution >= 4 is 49.7 Å². The molecule has 0 saturated heterocycles. The molecule has 0 amide bonds. The molecule has 0 fully saturated rings. The van der Waals surface area contributed by atoms with Gasteiger partial charge < -0.3 is 16.6 Å². The van der Waals surface area contributed by atoms with Gasteiger partial charge in [0.1, 0.15) is 11.6 Å². The molecule has 0 unspecified atom stereocenters. The van der Waals surface area contributed by atoms with Crippen molar-refractivity contribution in [3.63, 3.8) is 0 Å². The number of nitrogens with two attached hydrogens (primary N) is 2. The van der Waals surface area contributed by atoms with E-state index in [1.165, 1.54) is 12.1 Å². The number of thiophene rings is 1. The topological polar surface area (TPSA) is 101 Å². The molecular weight excluding hydrogens is 351 g/mol. The smallest absolute Gasteiger partial charge is 0.166 e. The highest BCUT2D eigenvalue weighted by molar-refractivity contribution is 7.18. The summed E-state index contributed by atoms with van der Waals surface area (Å²) < 4.78 is 14.6. The van der Waals surface area contributed by atoms with Gasteiger partial charge in [0.05, 0.1) is 5.52 Å². The van der Waals surface area contributed by atoms with Gasteiger partial charge in [-0.15, -0.1) is 11.3 Å². The molecule has 0 aliphatic rings. The maximum atomic E-state index is 13.5. The van der Waals surface area contributed by atoms with Crippen LogP contribution in [0.25, 0.3) is 21.0 Å². The van der Waals surface area contributed by atoms with Crippen molar-refractivity contribution in [1.29, 1.82) is 0 Å². The van der Waals surface area contributed by atoms with E-state index in [0.29, 0.717) is 17.3 Å². The molecule has 0 aliphatic heterocycles. The van der Waals surface area contributed by atoms with E-state index in [0.717, 1.165) is 26.6 Å². The first-order chi connectivity index (χ1) is 12.7.